The SMILES string of the molecule is CC/C=C\C/C=C\C/C=C\C/C=C\CCC(=O)OC(COCCCCCCCCCC/C=C\C/C=C\CCCCC)COC1OC(CO)C(O)C(OS(=O)(=O)O)C1O. The normalized spacial score (nSPS) is 21.2. The number of esters is 1. The van der Waals surface area contributed by atoms with Gasteiger partial charge in [0.05, 0.1) is 19.8 Å². The van der Waals surface area contributed by atoms with E-state index in [-0.39, 0.29) is 19.6 Å². The Labute approximate surface area is 350 Å². The second-order valence-corrected chi connectivity index (χ2v) is 15.6. The molecule has 1 rings (SSSR count). The molecule has 1 fully saturated rings. The molecule has 1 heterocycles. The number of hydrogen-bond donors (Lipinski definition) is 4. The van der Waals surface area contributed by atoms with Crippen LogP contribution in [0.4, 0.5) is 0 Å². The molecule has 6 unspecified atom stereocenters. The fourth-order valence-corrected chi connectivity index (χ4v) is 6.58. The third kappa shape index (κ3) is 29.7. The van der Waals surface area contributed by atoms with Gasteiger partial charge in [0, 0.05) is 13.0 Å². The van der Waals surface area contributed by atoms with Crippen molar-refractivity contribution in [1.82, 2.24) is 0 Å². The minimum absolute atomic E-state index is 0.000773. The highest BCUT2D eigenvalue weighted by molar-refractivity contribution is 7.80. The zero-order valence-electron chi connectivity index (χ0n) is 35.3. The van der Waals surface area contributed by atoms with Gasteiger partial charge in [0.15, 0.2) is 6.29 Å². The fourth-order valence-electron chi connectivity index (χ4n) is 6.07. The number of carbonyl (C=O) groups is 1. The van der Waals surface area contributed by atoms with Crippen molar-refractivity contribution in [3.05, 3.63) is 72.9 Å². The van der Waals surface area contributed by atoms with Crippen LogP contribution in [0.15, 0.2) is 72.9 Å². The first kappa shape index (κ1) is 53.6. The van der Waals surface area contributed by atoms with Crippen molar-refractivity contribution in [3.63, 3.8) is 0 Å². The standard InChI is InChI=1S/C45H76O12S/c1-3-5-7-9-11-13-15-17-18-19-20-21-23-25-27-29-31-33-35-53-37-39(38-54-45-43(49)44(57-58(50,51)52)42(48)40(36-46)56-45)55-41(47)34-32-30-28-26-24-22-16-14-12-10-8-6-4-2/h6,8,11-14,17-18,22,24,28,30,39-40,42-46,48-49H,3-5,7,9-10,15-16,19-21,23,25-27,29,31-38H2,1-2H3,(H,50,51,52)/b8-6-,13-11-,14-12-,18-17-,24-22-,30-28-. The van der Waals surface area contributed by atoms with E-state index < -0.39 is 59.8 Å². The van der Waals surface area contributed by atoms with Gasteiger partial charge in [0.1, 0.15) is 30.5 Å². The van der Waals surface area contributed by atoms with Crippen LogP contribution in [0.3, 0.4) is 0 Å². The van der Waals surface area contributed by atoms with Crippen LogP contribution in [0, 0.1) is 0 Å². The first-order valence-corrected chi connectivity index (χ1v) is 23.1. The second-order valence-electron chi connectivity index (χ2n) is 14.5. The maximum absolute atomic E-state index is 12.8. The summed E-state index contributed by atoms with van der Waals surface area (Å²) in [5, 5.41) is 30.6. The monoisotopic (exact) mass is 841 g/mol. The number of hydrogen-bond acceptors (Lipinski definition) is 11. The minimum Gasteiger partial charge on any atom is -0.457 e. The van der Waals surface area contributed by atoms with E-state index in [1.165, 1.54) is 57.8 Å². The molecule has 4 N–H and O–H groups in total. The van der Waals surface area contributed by atoms with E-state index in [2.05, 4.69) is 78.8 Å². The predicted octanol–water partition coefficient (Wildman–Crippen LogP) is 8.74. The number of allylic oxidation sites excluding steroid dienone is 12. The summed E-state index contributed by atoms with van der Waals surface area (Å²) >= 11 is 0. The van der Waals surface area contributed by atoms with Crippen LogP contribution in [0.5, 0.6) is 0 Å². The van der Waals surface area contributed by atoms with Crippen LogP contribution in [0.1, 0.15) is 142 Å². The third-order valence-corrected chi connectivity index (χ3v) is 9.79. The zero-order valence-corrected chi connectivity index (χ0v) is 36.1. The van der Waals surface area contributed by atoms with Gasteiger partial charge in [0.2, 0.25) is 0 Å². The molecule has 0 aromatic heterocycles. The minimum atomic E-state index is -5.07. The molecule has 1 saturated heterocycles. The van der Waals surface area contributed by atoms with Crippen LogP contribution in [-0.4, -0.2) is 97.5 Å². The quantitative estimate of drug-likeness (QED) is 0.0204. The summed E-state index contributed by atoms with van der Waals surface area (Å²) in [4.78, 5) is 12.8. The Morgan fingerprint density at radius 2 is 1.19 bits per heavy atom. The van der Waals surface area contributed by atoms with Gasteiger partial charge in [-0.25, -0.2) is 4.18 Å². The van der Waals surface area contributed by atoms with Crippen molar-refractivity contribution in [3.8, 4) is 0 Å². The van der Waals surface area contributed by atoms with Crippen molar-refractivity contribution >= 4 is 16.4 Å². The number of rotatable bonds is 36. The van der Waals surface area contributed by atoms with Gasteiger partial charge >= 0.3 is 16.4 Å². The van der Waals surface area contributed by atoms with Crippen molar-refractivity contribution in [1.29, 1.82) is 0 Å². The van der Waals surface area contributed by atoms with Gasteiger partial charge in [-0.3, -0.25) is 9.35 Å². The highest BCUT2D eigenvalue weighted by atomic mass is 32.3. The smallest absolute Gasteiger partial charge is 0.397 e. The second kappa shape index (κ2) is 36.4. The van der Waals surface area contributed by atoms with Gasteiger partial charge in [0.25, 0.3) is 0 Å². The maximum atomic E-state index is 12.8. The molecule has 0 bridgehead atoms. The molecule has 0 spiro atoms. The van der Waals surface area contributed by atoms with E-state index in [9.17, 15) is 28.5 Å². The summed E-state index contributed by atoms with van der Waals surface area (Å²) in [6.45, 7) is 3.72. The Morgan fingerprint density at radius 3 is 1.74 bits per heavy atom. The molecule has 13 heteroatoms. The Kier molecular flexibility index (Phi) is 33.6. The van der Waals surface area contributed by atoms with Crippen molar-refractivity contribution < 1.29 is 56.2 Å². The molecule has 0 saturated carbocycles. The van der Waals surface area contributed by atoms with Gasteiger partial charge in [-0.15, -0.1) is 0 Å². The highest BCUT2D eigenvalue weighted by Gasteiger charge is 2.48. The lowest BCUT2D eigenvalue weighted by Gasteiger charge is -2.41. The summed E-state index contributed by atoms with van der Waals surface area (Å²) in [5.41, 5.74) is 0. The Morgan fingerprint density at radius 1 is 0.672 bits per heavy atom. The molecule has 0 aromatic carbocycles. The van der Waals surface area contributed by atoms with E-state index in [0.29, 0.717) is 13.0 Å². The first-order chi connectivity index (χ1) is 28.1. The lowest BCUT2D eigenvalue weighted by molar-refractivity contribution is -0.301. The number of unbranched alkanes of at least 4 members (excludes halogenated alkanes) is 11. The maximum Gasteiger partial charge on any atom is 0.397 e. The van der Waals surface area contributed by atoms with Crippen LogP contribution >= 0.6 is 0 Å². The average Bonchev–Trinajstić information content (AvgIpc) is 3.19. The average molecular weight is 841 g/mol. The van der Waals surface area contributed by atoms with Crippen molar-refractivity contribution in [2.45, 2.75) is 179 Å². The molecule has 1 aliphatic rings. The van der Waals surface area contributed by atoms with Crippen LogP contribution in [0.25, 0.3) is 0 Å². The van der Waals surface area contributed by atoms with Gasteiger partial charge in [-0.05, 0) is 70.6 Å². The third-order valence-electron chi connectivity index (χ3n) is 9.33. The lowest BCUT2D eigenvalue weighted by Crippen LogP contribution is -2.60. The predicted molar refractivity (Wildman–Crippen MR) is 229 cm³/mol. The fraction of sp³-hybridized carbons (Fsp3) is 0.711. The van der Waals surface area contributed by atoms with Gasteiger partial charge in [-0.2, -0.15) is 8.42 Å². The van der Waals surface area contributed by atoms with Gasteiger partial charge in [-0.1, -0.05) is 138 Å². The summed E-state index contributed by atoms with van der Waals surface area (Å²) < 4.78 is 58.9. The molecule has 0 aromatic rings. The Hall–Kier alpha value is -2.46. The zero-order chi connectivity index (χ0) is 42.5. The van der Waals surface area contributed by atoms with Crippen LogP contribution in [-0.2, 0) is 38.3 Å². The Bertz CT molecular complexity index is 1290. The van der Waals surface area contributed by atoms with Crippen molar-refractivity contribution in [2.24, 2.45) is 0 Å². The summed E-state index contributed by atoms with van der Waals surface area (Å²) in [7, 11) is -5.07. The lowest BCUT2D eigenvalue weighted by atomic mass is 9.99. The summed E-state index contributed by atoms with van der Waals surface area (Å²) in [6.07, 6.45) is 36.7. The molecule has 1 aliphatic heterocycles. The summed E-state index contributed by atoms with van der Waals surface area (Å²) in [6, 6.07) is 0. The number of carbonyl (C=O) groups excluding carboxylic acids is 1. The number of ether oxygens (including phenoxy) is 4. The van der Waals surface area contributed by atoms with Crippen molar-refractivity contribution in [2.75, 3.05) is 26.4 Å². The molecule has 0 aliphatic carbocycles. The molecule has 0 radical (unpaired) electrons. The van der Waals surface area contributed by atoms with E-state index in [0.717, 1.165) is 57.8 Å². The van der Waals surface area contributed by atoms with E-state index in [1.807, 2.05) is 12.2 Å². The summed E-state index contributed by atoms with van der Waals surface area (Å²) in [5.74, 6) is -0.484. The largest absolute Gasteiger partial charge is 0.457 e. The van der Waals surface area contributed by atoms with Crippen LogP contribution in [0.2, 0.25) is 0 Å². The van der Waals surface area contributed by atoms with Crippen LogP contribution < -0.4 is 0 Å². The Balaban J connectivity index is 2.49. The number of aliphatic hydroxyl groups excluding tert-OH is 3. The first-order valence-electron chi connectivity index (χ1n) is 21.7. The molecule has 0 amide bonds. The number of aliphatic hydroxyl groups is 3. The molecule has 58 heavy (non-hydrogen) atoms. The molecular weight excluding hydrogens is 765 g/mol. The molecular formula is C45H76O12S. The van der Waals surface area contributed by atoms with E-state index in [1.54, 1.807) is 0 Å². The molecule has 12 nitrogen and oxygen atoms in total. The topological polar surface area (TPSA) is 178 Å². The van der Waals surface area contributed by atoms with Gasteiger partial charge < -0.3 is 34.3 Å². The molecule has 6 atom stereocenters. The van der Waals surface area contributed by atoms with E-state index in [4.69, 9.17) is 23.5 Å². The molecule has 334 valence electrons. The highest BCUT2D eigenvalue weighted by Crippen LogP contribution is 2.26. The van der Waals surface area contributed by atoms with E-state index >= 15 is 0 Å².